The highest BCUT2D eigenvalue weighted by atomic mass is 16.4. The minimum Gasteiger partial charge on any atom is -0.478 e. The normalized spacial score (nSPS) is 17.9. The van der Waals surface area contributed by atoms with Gasteiger partial charge in [0.1, 0.15) is 0 Å². The first-order valence-corrected chi connectivity index (χ1v) is 9.55. The Kier molecular flexibility index (Phi) is 5.16. The smallest absolute Gasteiger partial charge is 0.335 e. The van der Waals surface area contributed by atoms with Gasteiger partial charge in [0.25, 0.3) is 0 Å². The van der Waals surface area contributed by atoms with Gasteiger partial charge in [-0.2, -0.15) is 0 Å². The zero-order valence-electron chi connectivity index (χ0n) is 15.3. The molecule has 1 atom stereocenters. The van der Waals surface area contributed by atoms with Gasteiger partial charge in [-0.25, -0.2) is 4.79 Å². The Morgan fingerprint density at radius 2 is 2.07 bits per heavy atom. The van der Waals surface area contributed by atoms with E-state index < -0.39 is 5.97 Å². The highest BCUT2D eigenvalue weighted by Gasteiger charge is 2.21. The topological polar surface area (TPSA) is 53.4 Å². The van der Waals surface area contributed by atoms with Crippen molar-refractivity contribution in [2.24, 2.45) is 5.92 Å². The molecule has 1 aliphatic rings. The molecule has 0 spiro atoms. The average molecular weight is 360 g/mol. The summed E-state index contributed by atoms with van der Waals surface area (Å²) < 4.78 is 0. The van der Waals surface area contributed by atoms with Gasteiger partial charge in [-0.1, -0.05) is 30.3 Å². The van der Waals surface area contributed by atoms with Crippen LogP contribution >= 0.6 is 0 Å². The summed E-state index contributed by atoms with van der Waals surface area (Å²) in [7, 11) is 0. The molecule has 4 rings (SSSR count). The fourth-order valence-electron chi connectivity index (χ4n) is 4.20. The van der Waals surface area contributed by atoms with Crippen LogP contribution in [-0.2, 0) is 13.0 Å². The van der Waals surface area contributed by atoms with Crippen LogP contribution in [0, 0.1) is 5.92 Å². The highest BCUT2D eigenvalue weighted by Crippen LogP contribution is 2.26. The SMILES string of the molecule is O=C(O)c1cccc(CN2CCCC(Cc3cccc4cnccc34)C2)c1. The lowest BCUT2D eigenvalue weighted by Gasteiger charge is -2.33. The van der Waals surface area contributed by atoms with E-state index in [1.165, 1.54) is 29.2 Å². The first-order chi connectivity index (χ1) is 13.2. The van der Waals surface area contributed by atoms with Crippen LogP contribution in [-0.4, -0.2) is 34.0 Å². The van der Waals surface area contributed by atoms with Crippen LogP contribution < -0.4 is 0 Å². The number of benzene rings is 2. The Hall–Kier alpha value is -2.72. The highest BCUT2D eigenvalue weighted by molar-refractivity contribution is 5.87. The molecule has 0 saturated carbocycles. The summed E-state index contributed by atoms with van der Waals surface area (Å²) in [5.41, 5.74) is 2.84. The molecule has 2 heterocycles. The van der Waals surface area contributed by atoms with Crippen molar-refractivity contribution >= 4 is 16.7 Å². The summed E-state index contributed by atoms with van der Waals surface area (Å²) in [5.74, 6) is -0.237. The van der Waals surface area contributed by atoms with Gasteiger partial charge in [0, 0.05) is 30.9 Å². The van der Waals surface area contributed by atoms with Crippen molar-refractivity contribution < 1.29 is 9.90 Å². The number of nitrogens with zero attached hydrogens (tertiary/aromatic N) is 2. The summed E-state index contributed by atoms with van der Waals surface area (Å²) in [6.07, 6.45) is 7.31. The Morgan fingerprint density at radius 3 is 2.96 bits per heavy atom. The number of rotatable bonds is 5. The largest absolute Gasteiger partial charge is 0.478 e. The molecule has 0 bridgehead atoms. The number of aromatic nitrogens is 1. The minimum atomic E-state index is -0.862. The predicted molar refractivity (Wildman–Crippen MR) is 107 cm³/mol. The molecular formula is C23H24N2O2. The van der Waals surface area contributed by atoms with Crippen LogP contribution in [0.4, 0.5) is 0 Å². The lowest BCUT2D eigenvalue weighted by molar-refractivity contribution is 0.0696. The summed E-state index contributed by atoms with van der Waals surface area (Å²) in [6.45, 7) is 2.95. The Labute approximate surface area is 159 Å². The van der Waals surface area contributed by atoms with E-state index in [1.807, 2.05) is 24.5 Å². The number of piperidine rings is 1. The molecule has 1 saturated heterocycles. The van der Waals surface area contributed by atoms with Crippen molar-refractivity contribution in [2.45, 2.75) is 25.8 Å². The molecular weight excluding hydrogens is 336 g/mol. The van der Waals surface area contributed by atoms with E-state index in [9.17, 15) is 9.90 Å². The number of carbonyl (C=O) groups is 1. The van der Waals surface area contributed by atoms with Gasteiger partial charge in [0.15, 0.2) is 0 Å². The van der Waals surface area contributed by atoms with E-state index >= 15 is 0 Å². The summed E-state index contributed by atoms with van der Waals surface area (Å²) >= 11 is 0. The monoisotopic (exact) mass is 360 g/mol. The minimum absolute atomic E-state index is 0.366. The molecule has 4 heteroatoms. The third-order valence-electron chi connectivity index (χ3n) is 5.46. The van der Waals surface area contributed by atoms with Gasteiger partial charge < -0.3 is 5.11 Å². The third-order valence-corrected chi connectivity index (χ3v) is 5.46. The molecule has 3 aromatic rings. The van der Waals surface area contributed by atoms with Crippen molar-refractivity contribution in [3.05, 3.63) is 77.6 Å². The molecule has 0 amide bonds. The molecule has 1 aromatic heterocycles. The van der Waals surface area contributed by atoms with Gasteiger partial charge in [-0.05, 0) is 66.4 Å². The van der Waals surface area contributed by atoms with Crippen molar-refractivity contribution in [1.82, 2.24) is 9.88 Å². The van der Waals surface area contributed by atoms with Crippen molar-refractivity contribution in [2.75, 3.05) is 13.1 Å². The van der Waals surface area contributed by atoms with E-state index in [-0.39, 0.29) is 0 Å². The first-order valence-electron chi connectivity index (χ1n) is 9.55. The Bertz CT molecular complexity index is 949. The fraction of sp³-hybridized carbons (Fsp3) is 0.304. The lowest BCUT2D eigenvalue weighted by Crippen LogP contribution is -2.35. The summed E-state index contributed by atoms with van der Waals surface area (Å²) in [6, 6.07) is 15.9. The average Bonchev–Trinajstić information content (AvgIpc) is 2.69. The quantitative estimate of drug-likeness (QED) is 0.733. The number of hydrogen-bond donors (Lipinski definition) is 1. The maximum atomic E-state index is 11.2. The number of hydrogen-bond acceptors (Lipinski definition) is 3. The number of likely N-dealkylation sites (tertiary alicyclic amines) is 1. The Morgan fingerprint density at radius 1 is 1.19 bits per heavy atom. The van der Waals surface area contributed by atoms with Gasteiger partial charge in [-0.15, -0.1) is 0 Å². The van der Waals surface area contributed by atoms with Crippen molar-refractivity contribution in [3.63, 3.8) is 0 Å². The molecule has 0 aliphatic carbocycles. The van der Waals surface area contributed by atoms with E-state index in [4.69, 9.17) is 0 Å². The van der Waals surface area contributed by atoms with Crippen LogP contribution in [0.1, 0.15) is 34.3 Å². The number of fused-ring (bicyclic) bond motifs is 1. The van der Waals surface area contributed by atoms with Gasteiger partial charge >= 0.3 is 5.97 Å². The summed E-state index contributed by atoms with van der Waals surface area (Å²) in [5, 5.41) is 11.7. The van der Waals surface area contributed by atoms with Crippen LogP contribution in [0.5, 0.6) is 0 Å². The van der Waals surface area contributed by atoms with Crippen molar-refractivity contribution in [1.29, 1.82) is 0 Å². The lowest BCUT2D eigenvalue weighted by atomic mass is 9.89. The van der Waals surface area contributed by atoms with E-state index in [2.05, 4.69) is 34.1 Å². The van der Waals surface area contributed by atoms with Crippen LogP contribution in [0.3, 0.4) is 0 Å². The molecule has 27 heavy (non-hydrogen) atoms. The molecule has 1 fully saturated rings. The number of pyridine rings is 1. The predicted octanol–water partition coefficient (Wildman–Crippen LogP) is 4.39. The molecule has 138 valence electrons. The molecule has 4 nitrogen and oxygen atoms in total. The van der Waals surface area contributed by atoms with Gasteiger partial charge in [0.05, 0.1) is 5.56 Å². The van der Waals surface area contributed by atoms with Gasteiger partial charge in [0.2, 0.25) is 0 Å². The number of carboxylic acids is 1. The first kappa shape index (κ1) is 17.7. The fourth-order valence-corrected chi connectivity index (χ4v) is 4.20. The molecule has 1 aliphatic heterocycles. The molecule has 2 aromatic carbocycles. The second kappa shape index (κ2) is 7.89. The van der Waals surface area contributed by atoms with E-state index in [1.54, 1.807) is 12.1 Å². The maximum absolute atomic E-state index is 11.2. The molecule has 1 unspecified atom stereocenters. The van der Waals surface area contributed by atoms with E-state index in [0.29, 0.717) is 11.5 Å². The second-order valence-electron chi connectivity index (χ2n) is 7.47. The number of aromatic carboxylic acids is 1. The molecule has 0 radical (unpaired) electrons. The van der Waals surface area contributed by atoms with Crippen LogP contribution in [0.2, 0.25) is 0 Å². The van der Waals surface area contributed by atoms with Crippen molar-refractivity contribution in [3.8, 4) is 0 Å². The maximum Gasteiger partial charge on any atom is 0.335 e. The van der Waals surface area contributed by atoms with E-state index in [0.717, 1.165) is 31.6 Å². The van der Waals surface area contributed by atoms with Crippen LogP contribution in [0.15, 0.2) is 60.9 Å². The Balaban J connectivity index is 1.45. The van der Waals surface area contributed by atoms with Crippen LogP contribution in [0.25, 0.3) is 10.8 Å². The second-order valence-corrected chi connectivity index (χ2v) is 7.47. The zero-order valence-corrected chi connectivity index (χ0v) is 15.3. The zero-order chi connectivity index (χ0) is 18.6. The standard InChI is InChI=1S/C23H24N2O2/c26-23(27)20-7-1-4-17(13-20)15-25-11-3-5-18(16-25)12-19-6-2-8-21-14-24-10-9-22(19)21/h1-2,4,6-10,13-14,18H,3,5,11-12,15-16H2,(H,26,27). The summed E-state index contributed by atoms with van der Waals surface area (Å²) in [4.78, 5) is 17.9. The van der Waals surface area contributed by atoms with Gasteiger partial charge in [-0.3, -0.25) is 9.88 Å². The molecule has 1 N–H and O–H groups in total. The third kappa shape index (κ3) is 4.17. The number of carboxylic acid groups (broad SMARTS) is 1.